The predicted molar refractivity (Wildman–Crippen MR) is 50.4 cm³/mol. The van der Waals surface area contributed by atoms with Crippen LogP contribution in [0.2, 0.25) is 0 Å². The van der Waals surface area contributed by atoms with E-state index in [1.165, 1.54) is 0 Å². The summed E-state index contributed by atoms with van der Waals surface area (Å²) in [5.74, 6) is -0.580. The Morgan fingerprint density at radius 1 is 1.25 bits per heavy atom. The van der Waals surface area contributed by atoms with Crippen LogP contribution in [0.1, 0.15) is 10.4 Å². The first-order chi connectivity index (χ1) is 7.51. The molecule has 0 aliphatic heterocycles. The quantitative estimate of drug-likeness (QED) is 0.804. The van der Waals surface area contributed by atoms with Gasteiger partial charge >= 0.3 is 6.36 Å². The lowest BCUT2D eigenvalue weighted by atomic mass is 10.2. The number of aromatic nitrogens is 1. The standard InChI is InChI=1S/C10H6F3NO2/c11-10(12,13)16-9-7(5-15)6-3-1-2-4-8(6)14-9/h1-5,14H. The highest BCUT2D eigenvalue weighted by atomic mass is 19.4. The van der Waals surface area contributed by atoms with E-state index in [0.29, 0.717) is 17.2 Å². The number of hydrogen-bond acceptors (Lipinski definition) is 2. The number of halogens is 3. The first-order valence-corrected chi connectivity index (χ1v) is 4.33. The number of H-pyrrole nitrogens is 1. The molecule has 6 heteroatoms. The monoisotopic (exact) mass is 229 g/mol. The highest BCUT2D eigenvalue weighted by Gasteiger charge is 2.33. The van der Waals surface area contributed by atoms with Gasteiger partial charge in [-0.3, -0.25) is 4.79 Å². The lowest BCUT2D eigenvalue weighted by Gasteiger charge is -2.06. The third-order valence-corrected chi connectivity index (χ3v) is 2.05. The van der Waals surface area contributed by atoms with E-state index in [1.807, 2.05) is 0 Å². The van der Waals surface area contributed by atoms with Gasteiger partial charge in [0.2, 0.25) is 5.88 Å². The van der Waals surface area contributed by atoms with E-state index in [-0.39, 0.29) is 5.56 Å². The lowest BCUT2D eigenvalue weighted by molar-refractivity contribution is -0.276. The molecule has 0 unspecified atom stereocenters. The SMILES string of the molecule is O=Cc1c(OC(F)(F)F)[nH]c2ccccc12. The summed E-state index contributed by atoms with van der Waals surface area (Å²) in [5.41, 5.74) is 0.289. The molecule has 0 bridgehead atoms. The summed E-state index contributed by atoms with van der Waals surface area (Å²) in [6.07, 6.45) is -4.49. The predicted octanol–water partition coefficient (Wildman–Crippen LogP) is 2.88. The molecule has 16 heavy (non-hydrogen) atoms. The number of carbonyl (C=O) groups excluding carboxylic acids is 1. The van der Waals surface area contributed by atoms with Gasteiger partial charge < -0.3 is 9.72 Å². The summed E-state index contributed by atoms with van der Waals surface area (Å²) >= 11 is 0. The third kappa shape index (κ3) is 1.86. The van der Waals surface area contributed by atoms with Crippen molar-refractivity contribution in [3.63, 3.8) is 0 Å². The number of rotatable bonds is 2. The fraction of sp³-hybridized carbons (Fsp3) is 0.100. The van der Waals surface area contributed by atoms with E-state index in [1.54, 1.807) is 24.3 Å². The zero-order valence-electron chi connectivity index (χ0n) is 7.84. The smallest absolute Gasteiger partial charge is 0.389 e. The van der Waals surface area contributed by atoms with E-state index >= 15 is 0 Å². The Morgan fingerprint density at radius 2 is 1.94 bits per heavy atom. The number of carbonyl (C=O) groups is 1. The van der Waals surface area contributed by atoms with Gasteiger partial charge in [-0.1, -0.05) is 18.2 Å². The third-order valence-electron chi connectivity index (χ3n) is 2.05. The van der Waals surface area contributed by atoms with Crippen molar-refractivity contribution in [3.8, 4) is 5.88 Å². The summed E-state index contributed by atoms with van der Waals surface area (Å²) in [5, 5.41) is 0.400. The van der Waals surface area contributed by atoms with Gasteiger partial charge in [-0.2, -0.15) is 0 Å². The fourth-order valence-electron chi connectivity index (χ4n) is 1.45. The van der Waals surface area contributed by atoms with Crippen molar-refractivity contribution in [2.45, 2.75) is 6.36 Å². The van der Waals surface area contributed by atoms with Crippen molar-refractivity contribution in [2.75, 3.05) is 0 Å². The summed E-state index contributed by atoms with van der Waals surface area (Å²) in [4.78, 5) is 13.1. The average Bonchev–Trinajstić information content (AvgIpc) is 2.51. The number of aldehydes is 1. The number of nitrogens with one attached hydrogen (secondary N) is 1. The molecule has 2 rings (SSSR count). The van der Waals surface area contributed by atoms with Crippen LogP contribution in [0.25, 0.3) is 10.9 Å². The Morgan fingerprint density at radius 3 is 2.56 bits per heavy atom. The van der Waals surface area contributed by atoms with Gasteiger partial charge in [-0.05, 0) is 6.07 Å². The maximum atomic E-state index is 12.0. The molecule has 1 aromatic heterocycles. The van der Waals surface area contributed by atoms with Gasteiger partial charge in [0.15, 0.2) is 6.29 Å². The van der Waals surface area contributed by atoms with E-state index in [0.717, 1.165) is 0 Å². The van der Waals surface area contributed by atoms with Crippen LogP contribution in [-0.4, -0.2) is 17.6 Å². The van der Waals surface area contributed by atoms with E-state index < -0.39 is 12.2 Å². The topological polar surface area (TPSA) is 42.1 Å². The van der Waals surface area contributed by atoms with Crippen LogP contribution in [0.3, 0.4) is 0 Å². The molecular formula is C10H6F3NO2. The van der Waals surface area contributed by atoms with Crippen molar-refractivity contribution in [2.24, 2.45) is 0 Å². The number of benzene rings is 1. The first-order valence-electron chi connectivity index (χ1n) is 4.33. The number of ether oxygens (including phenoxy) is 1. The maximum Gasteiger partial charge on any atom is 0.574 e. The minimum absolute atomic E-state index is 0.132. The number of para-hydroxylation sites is 1. The molecule has 0 saturated carbocycles. The first kappa shape index (κ1) is 10.5. The van der Waals surface area contributed by atoms with Crippen molar-refractivity contribution in [3.05, 3.63) is 29.8 Å². The molecule has 3 nitrogen and oxygen atoms in total. The Bertz CT molecular complexity index is 530. The molecular weight excluding hydrogens is 223 g/mol. The van der Waals surface area contributed by atoms with Crippen LogP contribution in [-0.2, 0) is 0 Å². The summed E-state index contributed by atoms with van der Waals surface area (Å²) < 4.78 is 39.8. The minimum atomic E-state index is -4.82. The molecule has 1 aromatic carbocycles. The molecule has 2 aromatic rings. The van der Waals surface area contributed by atoms with Gasteiger partial charge in [-0.15, -0.1) is 13.2 Å². The molecule has 0 aliphatic rings. The summed E-state index contributed by atoms with van der Waals surface area (Å²) in [6.45, 7) is 0. The summed E-state index contributed by atoms with van der Waals surface area (Å²) in [7, 11) is 0. The van der Waals surface area contributed by atoms with Gasteiger partial charge in [-0.25, -0.2) is 0 Å². The van der Waals surface area contributed by atoms with Gasteiger partial charge in [0.05, 0.1) is 5.56 Å². The van der Waals surface area contributed by atoms with Crippen LogP contribution < -0.4 is 4.74 Å². The van der Waals surface area contributed by atoms with Crippen LogP contribution in [0.5, 0.6) is 5.88 Å². The number of fused-ring (bicyclic) bond motifs is 1. The van der Waals surface area contributed by atoms with Crippen LogP contribution in [0.15, 0.2) is 24.3 Å². The molecule has 1 heterocycles. The fourth-order valence-corrected chi connectivity index (χ4v) is 1.45. The lowest BCUT2D eigenvalue weighted by Crippen LogP contribution is -2.18. The second-order valence-corrected chi connectivity index (χ2v) is 3.08. The highest BCUT2D eigenvalue weighted by molar-refractivity contribution is 6.00. The Balaban J connectivity index is 2.57. The minimum Gasteiger partial charge on any atom is -0.389 e. The Hall–Kier alpha value is -1.98. The number of hydrogen-bond donors (Lipinski definition) is 1. The Kier molecular flexibility index (Phi) is 2.34. The maximum absolute atomic E-state index is 12.0. The molecule has 0 amide bonds. The molecule has 0 radical (unpaired) electrons. The van der Waals surface area contributed by atoms with Crippen LogP contribution in [0, 0.1) is 0 Å². The molecule has 0 saturated heterocycles. The van der Waals surface area contributed by atoms with Crippen molar-refractivity contribution < 1.29 is 22.7 Å². The molecule has 0 aliphatic carbocycles. The molecule has 1 N–H and O–H groups in total. The zero-order chi connectivity index (χ0) is 11.8. The van der Waals surface area contributed by atoms with Crippen molar-refractivity contribution >= 4 is 17.2 Å². The van der Waals surface area contributed by atoms with Crippen molar-refractivity contribution in [1.29, 1.82) is 0 Å². The van der Waals surface area contributed by atoms with Crippen LogP contribution >= 0.6 is 0 Å². The Labute approximate surface area is 87.8 Å². The second kappa shape index (κ2) is 3.55. The molecule has 84 valence electrons. The summed E-state index contributed by atoms with van der Waals surface area (Å²) in [6, 6.07) is 6.37. The van der Waals surface area contributed by atoms with E-state index in [9.17, 15) is 18.0 Å². The van der Waals surface area contributed by atoms with Gasteiger partial charge in [0.1, 0.15) is 0 Å². The molecule has 0 fully saturated rings. The number of alkyl halides is 3. The van der Waals surface area contributed by atoms with Gasteiger partial charge in [0.25, 0.3) is 0 Å². The zero-order valence-corrected chi connectivity index (χ0v) is 7.84. The van der Waals surface area contributed by atoms with E-state index in [4.69, 9.17) is 0 Å². The van der Waals surface area contributed by atoms with Crippen molar-refractivity contribution in [1.82, 2.24) is 4.98 Å². The molecule has 0 atom stereocenters. The van der Waals surface area contributed by atoms with Gasteiger partial charge in [0, 0.05) is 10.9 Å². The van der Waals surface area contributed by atoms with Crippen LogP contribution in [0.4, 0.5) is 13.2 Å². The largest absolute Gasteiger partial charge is 0.574 e. The second-order valence-electron chi connectivity index (χ2n) is 3.08. The normalized spacial score (nSPS) is 11.7. The molecule has 0 spiro atoms. The number of aromatic amines is 1. The van der Waals surface area contributed by atoms with E-state index in [2.05, 4.69) is 9.72 Å². The highest BCUT2D eigenvalue weighted by Crippen LogP contribution is 2.30. The average molecular weight is 229 g/mol.